The van der Waals surface area contributed by atoms with Crippen molar-refractivity contribution in [3.8, 4) is 5.75 Å². The smallest absolute Gasteiger partial charge is 0.218 e. The van der Waals surface area contributed by atoms with Gasteiger partial charge in [0.05, 0.1) is 24.7 Å². The maximum Gasteiger partial charge on any atom is 0.218 e. The molecule has 5 rings (SSSR count). The summed E-state index contributed by atoms with van der Waals surface area (Å²) in [5, 5.41) is 1.13. The van der Waals surface area contributed by atoms with Crippen molar-refractivity contribution in [3.05, 3.63) is 22.7 Å². The largest absolute Gasteiger partial charge is 0.490 e. The van der Waals surface area contributed by atoms with E-state index >= 15 is 0 Å². The van der Waals surface area contributed by atoms with Crippen molar-refractivity contribution in [3.63, 3.8) is 0 Å². The van der Waals surface area contributed by atoms with Crippen LogP contribution in [0.25, 0.3) is 10.2 Å². The number of nitrogens with zero attached hydrogens (tertiary/aromatic N) is 2. The van der Waals surface area contributed by atoms with Gasteiger partial charge in [-0.05, 0) is 63.0 Å². The molecule has 1 saturated carbocycles. The SMILES string of the molecule is C[C@@H]1COCCN1[C@H]1CC[C@H](Oc2ccnc3sc4c(c23)[C@@H](CC(N)=O)CC4)CC1. The van der Waals surface area contributed by atoms with Crippen molar-refractivity contribution in [2.75, 3.05) is 19.8 Å². The fourth-order valence-electron chi connectivity index (χ4n) is 5.63. The van der Waals surface area contributed by atoms with Crippen LogP contribution in [-0.4, -0.2) is 53.7 Å². The van der Waals surface area contributed by atoms with Gasteiger partial charge in [0.25, 0.3) is 0 Å². The van der Waals surface area contributed by atoms with Gasteiger partial charge in [-0.15, -0.1) is 11.3 Å². The van der Waals surface area contributed by atoms with Crippen LogP contribution in [0.3, 0.4) is 0 Å². The van der Waals surface area contributed by atoms with Crippen LogP contribution in [0, 0.1) is 0 Å². The molecule has 2 N–H and O–H groups in total. The number of ether oxygens (including phenoxy) is 2. The first-order valence-electron chi connectivity index (χ1n) is 11.3. The van der Waals surface area contributed by atoms with Crippen LogP contribution in [0.4, 0.5) is 0 Å². The standard InChI is InChI=1S/C23H31N3O3S/c1-14-13-28-11-10-26(14)16-3-5-17(6-4-16)29-18-8-9-25-23-22(18)21-15(12-20(24)27)2-7-19(21)30-23/h8-9,14-17H,2-7,10-13H2,1H3,(H2,24,27)/t14-,15-,16-,17-/m1/s1. The second-order valence-corrected chi connectivity index (χ2v) is 10.1. The summed E-state index contributed by atoms with van der Waals surface area (Å²) in [5.74, 6) is 0.919. The first-order chi connectivity index (χ1) is 14.6. The van der Waals surface area contributed by atoms with Crippen molar-refractivity contribution in [1.82, 2.24) is 9.88 Å². The van der Waals surface area contributed by atoms with Gasteiger partial charge in [0.15, 0.2) is 0 Å². The van der Waals surface area contributed by atoms with Crippen LogP contribution in [-0.2, 0) is 16.0 Å². The highest BCUT2D eigenvalue weighted by molar-refractivity contribution is 7.19. The minimum absolute atomic E-state index is 0.205. The number of aromatic nitrogens is 1. The zero-order valence-electron chi connectivity index (χ0n) is 17.6. The van der Waals surface area contributed by atoms with Crippen molar-refractivity contribution >= 4 is 27.5 Å². The van der Waals surface area contributed by atoms with E-state index in [2.05, 4.69) is 16.8 Å². The molecule has 3 heterocycles. The van der Waals surface area contributed by atoms with Gasteiger partial charge in [-0.3, -0.25) is 9.69 Å². The lowest BCUT2D eigenvalue weighted by Gasteiger charge is -2.42. The molecule has 2 aromatic rings. The van der Waals surface area contributed by atoms with E-state index in [-0.39, 0.29) is 17.9 Å². The predicted molar refractivity (Wildman–Crippen MR) is 118 cm³/mol. The van der Waals surface area contributed by atoms with E-state index in [1.807, 2.05) is 12.3 Å². The monoisotopic (exact) mass is 429 g/mol. The van der Waals surface area contributed by atoms with Crippen LogP contribution in [0.5, 0.6) is 5.75 Å². The Balaban J connectivity index is 1.31. The summed E-state index contributed by atoms with van der Waals surface area (Å²) >= 11 is 1.75. The summed E-state index contributed by atoms with van der Waals surface area (Å²) in [4.78, 5) is 21.2. The number of rotatable bonds is 5. The Morgan fingerprint density at radius 1 is 1.33 bits per heavy atom. The third-order valence-corrected chi connectivity index (χ3v) is 8.24. The number of carbonyl (C=O) groups excluding carboxylic acids is 1. The average molecular weight is 430 g/mol. The molecule has 1 saturated heterocycles. The van der Waals surface area contributed by atoms with E-state index in [0.717, 1.165) is 61.4 Å². The molecule has 2 aromatic heterocycles. The molecule has 7 heteroatoms. The van der Waals surface area contributed by atoms with Crippen molar-refractivity contribution in [2.45, 2.75) is 76.0 Å². The molecule has 0 spiro atoms. The Morgan fingerprint density at radius 2 is 2.17 bits per heavy atom. The number of hydrogen-bond acceptors (Lipinski definition) is 6. The molecule has 2 fully saturated rings. The summed E-state index contributed by atoms with van der Waals surface area (Å²) in [7, 11) is 0. The number of carbonyl (C=O) groups is 1. The van der Waals surface area contributed by atoms with Gasteiger partial charge < -0.3 is 15.2 Å². The normalized spacial score (nSPS) is 29.8. The summed E-state index contributed by atoms with van der Waals surface area (Å²) in [6, 6.07) is 3.16. The van der Waals surface area contributed by atoms with Crippen molar-refractivity contribution < 1.29 is 14.3 Å². The molecule has 2 aliphatic carbocycles. The van der Waals surface area contributed by atoms with Crippen LogP contribution < -0.4 is 10.5 Å². The fourth-order valence-corrected chi connectivity index (χ4v) is 6.89. The van der Waals surface area contributed by atoms with Gasteiger partial charge in [0.1, 0.15) is 10.6 Å². The summed E-state index contributed by atoms with van der Waals surface area (Å²) in [5.41, 5.74) is 6.79. The zero-order valence-corrected chi connectivity index (χ0v) is 18.5. The number of morpholine rings is 1. The zero-order chi connectivity index (χ0) is 20.7. The molecular formula is C23H31N3O3S. The molecule has 0 radical (unpaired) electrons. The molecule has 2 atom stereocenters. The number of amides is 1. The molecule has 0 unspecified atom stereocenters. The van der Waals surface area contributed by atoms with Crippen LogP contribution in [0.1, 0.15) is 61.8 Å². The van der Waals surface area contributed by atoms with Gasteiger partial charge in [-0.1, -0.05) is 0 Å². The lowest BCUT2D eigenvalue weighted by Crippen LogP contribution is -2.50. The summed E-state index contributed by atoms with van der Waals surface area (Å²) in [6.07, 6.45) is 9.03. The molecular weight excluding hydrogens is 398 g/mol. The Morgan fingerprint density at radius 3 is 2.93 bits per heavy atom. The van der Waals surface area contributed by atoms with Gasteiger partial charge in [0, 0.05) is 36.1 Å². The molecule has 3 aliphatic rings. The summed E-state index contributed by atoms with van der Waals surface area (Å²) in [6.45, 7) is 5.02. The highest BCUT2D eigenvalue weighted by Gasteiger charge is 2.33. The number of primary amides is 1. The molecule has 1 aliphatic heterocycles. The van der Waals surface area contributed by atoms with Gasteiger partial charge >= 0.3 is 0 Å². The molecule has 0 bridgehead atoms. The molecule has 30 heavy (non-hydrogen) atoms. The topological polar surface area (TPSA) is 77.7 Å². The minimum Gasteiger partial charge on any atom is -0.490 e. The molecule has 1 amide bonds. The van der Waals surface area contributed by atoms with Crippen LogP contribution in [0.15, 0.2) is 12.3 Å². The number of pyridine rings is 1. The maximum atomic E-state index is 11.6. The molecule has 6 nitrogen and oxygen atoms in total. The third-order valence-electron chi connectivity index (χ3n) is 7.07. The first kappa shape index (κ1) is 20.2. The van der Waals surface area contributed by atoms with Crippen LogP contribution >= 0.6 is 11.3 Å². The Bertz CT molecular complexity index is 922. The molecule has 0 aromatic carbocycles. The van der Waals surface area contributed by atoms with Gasteiger partial charge in [-0.25, -0.2) is 4.98 Å². The second kappa shape index (κ2) is 8.44. The lowest BCUT2D eigenvalue weighted by molar-refractivity contribution is -0.118. The quantitative estimate of drug-likeness (QED) is 0.786. The van der Waals surface area contributed by atoms with E-state index < -0.39 is 0 Å². The maximum absolute atomic E-state index is 11.6. The Hall–Kier alpha value is -1.70. The van der Waals surface area contributed by atoms with Crippen LogP contribution in [0.2, 0.25) is 0 Å². The summed E-state index contributed by atoms with van der Waals surface area (Å²) < 4.78 is 12.2. The van der Waals surface area contributed by atoms with E-state index in [0.29, 0.717) is 18.5 Å². The number of aryl methyl sites for hydroxylation is 1. The first-order valence-corrected chi connectivity index (χ1v) is 12.1. The highest BCUT2D eigenvalue weighted by Crippen LogP contribution is 2.48. The predicted octanol–water partition coefficient (Wildman–Crippen LogP) is 3.61. The lowest BCUT2D eigenvalue weighted by atomic mass is 9.90. The third kappa shape index (κ3) is 3.83. The van der Waals surface area contributed by atoms with E-state index in [4.69, 9.17) is 15.2 Å². The van der Waals surface area contributed by atoms with Crippen molar-refractivity contribution in [1.29, 1.82) is 0 Å². The van der Waals surface area contributed by atoms with E-state index in [1.54, 1.807) is 11.3 Å². The van der Waals surface area contributed by atoms with Gasteiger partial charge in [0.2, 0.25) is 5.91 Å². The minimum atomic E-state index is -0.228. The average Bonchev–Trinajstić information content (AvgIpc) is 3.29. The number of hydrogen-bond donors (Lipinski definition) is 1. The number of fused-ring (bicyclic) bond motifs is 3. The van der Waals surface area contributed by atoms with E-state index in [1.165, 1.54) is 23.3 Å². The van der Waals surface area contributed by atoms with Gasteiger partial charge in [-0.2, -0.15) is 0 Å². The number of nitrogens with two attached hydrogens (primary N) is 1. The second-order valence-electron chi connectivity index (χ2n) is 9.04. The van der Waals surface area contributed by atoms with Crippen molar-refractivity contribution in [2.24, 2.45) is 5.73 Å². The Kier molecular flexibility index (Phi) is 5.69. The Labute approximate surface area is 181 Å². The fraction of sp³-hybridized carbons (Fsp3) is 0.652. The number of thiophene rings is 1. The molecule has 162 valence electrons. The highest BCUT2D eigenvalue weighted by atomic mass is 32.1. The van der Waals surface area contributed by atoms with E-state index in [9.17, 15) is 4.79 Å².